The minimum Gasteiger partial charge on any atom is -0.550 e. The van der Waals surface area contributed by atoms with Gasteiger partial charge in [0.25, 0.3) is 5.91 Å². The summed E-state index contributed by atoms with van der Waals surface area (Å²) in [5, 5.41) is 15.3. The number of imide groups is 1. The molecule has 3 amide bonds. The van der Waals surface area contributed by atoms with Gasteiger partial charge in [0.1, 0.15) is 23.7 Å². The number of aliphatic carboxylic acids is 1. The summed E-state index contributed by atoms with van der Waals surface area (Å²) in [6.45, 7) is 5.16. The zero-order valence-electron chi connectivity index (χ0n) is 16.3. The van der Waals surface area contributed by atoms with Gasteiger partial charge in [0.2, 0.25) is 17.4 Å². The number of hydrogen-bond donors (Lipinski definition) is 2. The van der Waals surface area contributed by atoms with Gasteiger partial charge in [-0.05, 0) is 45.4 Å². The lowest BCUT2D eigenvalue weighted by molar-refractivity contribution is -0.734. The highest BCUT2D eigenvalue weighted by Gasteiger charge is 2.74. The Kier molecular flexibility index (Phi) is 4.10. The number of anilines is 1. The lowest BCUT2D eigenvalue weighted by atomic mass is 9.76. The summed E-state index contributed by atoms with van der Waals surface area (Å²) in [5.41, 5.74) is -1.61. The third kappa shape index (κ3) is 2.60. The summed E-state index contributed by atoms with van der Waals surface area (Å²) >= 11 is 0. The van der Waals surface area contributed by atoms with Crippen molar-refractivity contribution in [2.75, 3.05) is 5.32 Å². The molecule has 1 spiro atoms. The van der Waals surface area contributed by atoms with Crippen molar-refractivity contribution in [2.24, 2.45) is 11.8 Å². The number of rotatable bonds is 3. The fourth-order valence-electron chi connectivity index (χ4n) is 5.14. The van der Waals surface area contributed by atoms with Crippen LogP contribution < -0.4 is 15.7 Å². The van der Waals surface area contributed by atoms with Crippen LogP contribution in [0.15, 0.2) is 18.2 Å². The molecule has 1 aromatic carbocycles. The number of likely N-dealkylation sites (tertiary alicyclic amines) is 1. The predicted molar refractivity (Wildman–Crippen MR) is 95.2 cm³/mol. The van der Waals surface area contributed by atoms with Gasteiger partial charge in [-0.3, -0.25) is 19.3 Å². The van der Waals surface area contributed by atoms with Crippen LogP contribution in [0.3, 0.4) is 0 Å². The van der Waals surface area contributed by atoms with E-state index in [2.05, 4.69) is 5.32 Å². The third-order valence-corrected chi connectivity index (χ3v) is 6.18. The number of benzene rings is 1. The van der Waals surface area contributed by atoms with Crippen LogP contribution in [-0.4, -0.2) is 40.2 Å². The first-order valence-electron chi connectivity index (χ1n) is 9.53. The molecule has 3 heterocycles. The highest BCUT2D eigenvalue weighted by atomic mass is 19.1. The van der Waals surface area contributed by atoms with E-state index in [1.165, 1.54) is 18.2 Å². The standard InChI is InChI=1S/C20H22FN3O5/c1-19(2,3)24-16(27)14-12(6-7-13(25)26)23-20(15(14)17(24)28)10-8-9(21)4-5-11(10)22-18(20)29/h4-5,8,12,14-15,23H,6-7H2,1-3H3,(H,22,29)(H,25,26)/t12-,14+,15-,20-/m0/s1. The smallest absolute Gasteiger partial charge is 0.291 e. The van der Waals surface area contributed by atoms with Crippen LogP contribution in [-0.2, 0) is 24.7 Å². The SMILES string of the molecule is CC(C)(C)N1C(=O)[C@@H]2[C@H](CCC(=O)[O-])[NH2+][C@]3(C(=O)Nc4ccc(F)cc43)[C@@H]2C1=O. The molecule has 3 aliphatic rings. The van der Waals surface area contributed by atoms with E-state index in [0.29, 0.717) is 11.3 Å². The molecule has 2 fully saturated rings. The number of nitrogens with one attached hydrogen (secondary N) is 1. The average molecular weight is 403 g/mol. The number of nitrogens with zero attached hydrogens (tertiary/aromatic N) is 1. The van der Waals surface area contributed by atoms with Gasteiger partial charge in [0.15, 0.2) is 0 Å². The van der Waals surface area contributed by atoms with Gasteiger partial charge in [-0.15, -0.1) is 0 Å². The second-order valence-corrected chi connectivity index (χ2v) is 8.94. The van der Waals surface area contributed by atoms with Gasteiger partial charge in [-0.1, -0.05) is 0 Å². The first kappa shape index (κ1) is 19.5. The summed E-state index contributed by atoms with van der Waals surface area (Å²) in [5.74, 6) is -5.17. The Bertz CT molecular complexity index is 956. The van der Waals surface area contributed by atoms with Crippen molar-refractivity contribution in [1.82, 2.24) is 4.90 Å². The quantitative estimate of drug-likeness (QED) is 0.617. The number of halogens is 1. The molecule has 0 saturated carbocycles. The largest absolute Gasteiger partial charge is 0.550 e. The molecule has 4 rings (SSSR count). The molecular formula is C20H22FN3O5. The van der Waals surface area contributed by atoms with Crippen LogP contribution in [0.5, 0.6) is 0 Å². The van der Waals surface area contributed by atoms with Crippen LogP contribution in [0.2, 0.25) is 0 Å². The number of carboxylic acid groups (broad SMARTS) is 1. The molecule has 0 unspecified atom stereocenters. The maximum atomic E-state index is 14.1. The maximum absolute atomic E-state index is 14.1. The van der Waals surface area contributed by atoms with Crippen LogP contribution in [0.1, 0.15) is 39.2 Å². The van der Waals surface area contributed by atoms with Crippen LogP contribution >= 0.6 is 0 Å². The molecule has 4 atom stereocenters. The Hall–Kier alpha value is -2.81. The first-order chi connectivity index (χ1) is 13.5. The van der Waals surface area contributed by atoms with Crippen LogP contribution in [0, 0.1) is 17.7 Å². The molecule has 9 heteroatoms. The summed E-state index contributed by atoms with van der Waals surface area (Å²) in [6.07, 6.45) is -0.255. The molecule has 3 N–H and O–H groups in total. The van der Waals surface area contributed by atoms with Crippen molar-refractivity contribution in [3.05, 3.63) is 29.6 Å². The van der Waals surface area contributed by atoms with Crippen LogP contribution in [0.4, 0.5) is 10.1 Å². The number of nitrogens with two attached hydrogens (primary N) is 1. The zero-order chi connectivity index (χ0) is 21.3. The molecular weight excluding hydrogens is 381 g/mol. The van der Waals surface area contributed by atoms with E-state index in [1.807, 2.05) is 0 Å². The zero-order valence-corrected chi connectivity index (χ0v) is 16.3. The van der Waals surface area contributed by atoms with E-state index in [9.17, 15) is 28.7 Å². The topological polar surface area (TPSA) is 123 Å². The third-order valence-electron chi connectivity index (χ3n) is 6.18. The predicted octanol–water partition coefficient (Wildman–Crippen LogP) is -1.15. The Morgan fingerprint density at radius 1 is 1.28 bits per heavy atom. The number of carbonyl (C=O) groups excluding carboxylic acids is 4. The van der Waals surface area contributed by atoms with E-state index in [0.717, 1.165) is 4.90 Å². The molecule has 8 nitrogen and oxygen atoms in total. The van der Waals surface area contributed by atoms with Gasteiger partial charge in [-0.25, -0.2) is 4.39 Å². The number of amides is 3. The van der Waals surface area contributed by atoms with Crippen molar-refractivity contribution in [3.63, 3.8) is 0 Å². The molecule has 29 heavy (non-hydrogen) atoms. The summed E-state index contributed by atoms with van der Waals surface area (Å²) < 4.78 is 14.1. The van der Waals surface area contributed by atoms with E-state index < -0.39 is 58.5 Å². The van der Waals surface area contributed by atoms with Crippen molar-refractivity contribution in [2.45, 2.75) is 50.7 Å². The Morgan fingerprint density at radius 2 is 1.97 bits per heavy atom. The minimum absolute atomic E-state index is 0.0557. The van der Waals surface area contributed by atoms with Crippen LogP contribution in [0.25, 0.3) is 0 Å². The normalized spacial score (nSPS) is 30.7. The molecule has 0 aromatic heterocycles. The monoisotopic (exact) mass is 403 g/mol. The molecule has 1 aromatic rings. The molecule has 2 saturated heterocycles. The lowest BCUT2D eigenvalue weighted by Gasteiger charge is -2.33. The molecule has 0 radical (unpaired) electrons. The fraction of sp³-hybridized carbons (Fsp3) is 0.500. The summed E-state index contributed by atoms with van der Waals surface area (Å²) in [4.78, 5) is 52.0. The second kappa shape index (κ2) is 6.09. The van der Waals surface area contributed by atoms with Gasteiger partial charge < -0.3 is 20.5 Å². The number of carboxylic acids is 1. The highest BCUT2D eigenvalue weighted by Crippen LogP contribution is 2.50. The molecule has 0 bridgehead atoms. The maximum Gasteiger partial charge on any atom is 0.291 e. The highest BCUT2D eigenvalue weighted by molar-refractivity contribution is 6.14. The average Bonchev–Trinajstić information content (AvgIpc) is 3.18. The first-order valence-corrected chi connectivity index (χ1v) is 9.53. The second-order valence-electron chi connectivity index (χ2n) is 8.94. The molecule has 154 valence electrons. The van der Waals surface area contributed by atoms with Gasteiger partial charge in [-0.2, -0.15) is 0 Å². The van der Waals surface area contributed by atoms with Crippen molar-refractivity contribution in [1.29, 1.82) is 0 Å². The Labute approximate surface area is 166 Å². The molecule has 0 aliphatic carbocycles. The van der Waals surface area contributed by atoms with E-state index >= 15 is 0 Å². The van der Waals surface area contributed by atoms with E-state index in [1.54, 1.807) is 26.1 Å². The van der Waals surface area contributed by atoms with E-state index in [-0.39, 0.29) is 12.8 Å². The Balaban J connectivity index is 1.88. The minimum atomic E-state index is -1.51. The molecule has 3 aliphatic heterocycles. The summed E-state index contributed by atoms with van der Waals surface area (Å²) in [7, 11) is 0. The van der Waals surface area contributed by atoms with Crippen molar-refractivity contribution < 1.29 is 34.0 Å². The van der Waals surface area contributed by atoms with Gasteiger partial charge in [0.05, 0.1) is 5.69 Å². The Morgan fingerprint density at radius 3 is 2.59 bits per heavy atom. The summed E-state index contributed by atoms with van der Waals surface area (Å²) in [6, 6.07) is 3.22. The lowest BCUT2D eigenvalue weighted by Crippen LogP contribution is -2.99. The van der Waals surface area contributed by atoms with Crippen molar-refractivity contribution in [3.8, 4) is 0 Å². The van der Waals surface area contributed by atoms with Gasteiger partial charge >= 0.3 is 0 Å². The number of carbonyl (C=O) groups is 4. The van der Waals surface area contributed by atoms with Gasteiger partial charge in [0, 0.05) is 23.5 Å². The number of quaternary nitrogens is 1. The fourth-order valence-corrected chi connectivity index (χ4v) is 5.14. The number of fused-ring (bicyclic) bond motifs is 4. The van der Waals surface area contributed by atoms with E-state index in [4.69, 9.17) is 0 Å². The van der Waals surface area contributed by atoms with Crippen molar-refractivity contribution >= 4 is 29.4 Å². The number of hydrogen-bond acceptors (Lipinski definition) is 5.